The van der Waals surface area contributed by atoms with Crippen molar-refractivity contribution in [3.05, 3.63) is 23.5 Å². The molecule has 0 atom stereocenters. The smallest absolute Gasteiger partial charge is 0.338 e. The third-order valence-corrected chi connectivity index (χ3v) is 3.08. The number of fused-ring (bicyclic) bond motifs is 1. The van der Waals surface area contributed by atoms with E-state index in [4.69, 9.17) is 10.6 Å². The molecule has 1 fully saturated rings. The number of carbonyl (C=O) groups excluding carboxylic acids is 1. The van der Waals surface area contributed by atoms with Gasteiger partial charge < -0.3 is 10.6 Å². The second-order valence-corrected chi connectivity index (χ2v) is 4.42. The summed E-state index contributed by atoms with van der Waals surface area (Å²) in [5.74, 6) is 5.79. The summed E-state index contributed by atoms with van der Waals surface area (Å²) in [4.78, 5) is 17.6. The molecular weight excluding hydrogens is 232 g/mol. The van der Waals surface area contributed by atoms with Crippen LogP contribution < -0.4 is 5.84 Å². The first-order valence-electron chi connectivity index (χ1n) is 6.01. The Hall–Kier alpha value is -2.11. The molecule has 1 aliphatic rings. The van der Waals surface area contributed by atoms with E-state index >= 15 is 0 Å². The molecule has 18 heavy (non-hydrogen) atoms. The van der Waals surface area contributed by atoms with Crippen LogP contribution in [-0.4, -0.2) is 27.4 Å². The number of aromatic nitrogens is 3. The van der Waals surface area contributed by atoms with Gasteiger partial charge in [-0.15, -0.1) is 0 Å². The normalized spacial score (nSPS) is 14.9. The summed E-state index contributed by atoms with van der Waals surface area (Å²) < 4.78 is 5.06. The monoisotopic (exact) mass is 246 g/mol. The molecule has 2 aromatic rings. The van der Waals surface area contributed by atoms with Crippen molar-refractivity contribution >= 4 is 17.0 Å². The third-order valence-electron chi connectivity index (χ3n) is 3.08. The first kappa shape index (κ1) is 11.0. The van der Waals surface area contributed by atoms with Crippen LogP contribution in [0.4, 0.5) is 0 Å². The van der Waals surface area contributed by atoms with E-state index in [1.807, 2.05) is 0 Å². The van der Waals surface area contributed by atoms with Gasteiger partial charge in [-0.05, 0) is 25.8 Å². The van der Waals surface area contributed by atoms with E-state index < -0.39 is 0 Å². The average molecular weight is 246 g/mol. The van der Waals surface area contributed by atoms with Crippen molar-refractivity contribution in [2.75, 3.05) is 12.4 Å². The molecule has 6 nitrogen and oxygen atoms in total. The molecule has 0 radical (unpaired) electrons. The van der Waals surface area contributed by atoms with Crippen molar-refractivity contribution in [1.29, 1.82) is 0 Å². The van der Waals surface area contributed by atoms with Gasteiger partial charge in [0.15, 0.2) is 5.65 Å². The van der Waals surface area contributed by atoms with Crippen molar-refractivity contribution in [2.45, 2.75) is 25.7 Å². The van der Waals surface area contributed by atoms with E-state index in [2.05, 4.69) is 10.1 Å². The number of rotatable bonds is 3. The molecule has 94 valence electrons. The first-order chi connectivity index (χ1) is 8.70. The molecule has 0 saturated heterocycles. The van der Waals surface area contributed by atoms with Crippen molar-refractivity contribution in [2.24, 2.45) is 0 Å². The molecule has 0 bridgehead atoms. The molecule has 1 saturated carbocycles. The quantitative estimate of drug-likeness (QED) is 0.650. The highest BCUT2D eigenvalue weighted by atomic mass is 16.5. The molecule has 2 heterocycles. The second-order valence-electron chi connectivity index (χ2n) is 4.42. The van der Waals surface area contributed by atoms with Crippen molar-refractivity contribution < 1.29 is 9.53 Å². The van der Waals surface area contributed by atoms with Gasteiger partial charge in [-0.1, -0.05) is 0 Å². The number of esters is 1. The Bertz CT molecular complexity index is 616. The molecule has 0 unspecified atom stereocenters. The molecule has 6 heteroatoms. The van der Waals surface area contributed by atoms with Gasteiger partial charge >= 0.3 is 5.97 Å². The molecular formula is C12H14N4O2. The molecule has 1 aliphatic carbocycles. The minimum atomic E-state index is -0.347. The highest BCUT2D eigenvalue weighted by Crippen LogP contribution is 2.40. The zero-order chi connectivity index (χ0) is 12.7. The number of ether oxygens (including phenoxy) is 1. The Kier molecular flexibility index (Phi) is 2.43. The van der Waals surface area contributed by atoms with Gasteiger partial charge in [0.1, 0.15) is 0 Å². The van der Waals surface area contributed by atoms with Crippen molar-refractivity contribution in [3.8, 4) is 0 Å². The number of hydrogen-bond acceptors (Lipinski definition) is 5. The van der Waals surface area contributed by atoms with Crippen LogP contribution in [0.2, 0.25) is 0 Å². The fourth-order valence-corrected chi connectivity index (χ4v) is 2.00. The van der Waals surface area contributed by atoms with Gasteiger partial charge in [-0.25, -0.2) is 9.78 Å². The third kappa shape index (κ3) is 1.70. The Morgan fingerprint density at radius 1 is 1.61 bits per heavy atom. The molecule has 0 aliphatic heterocycles. The second kappa shape index (κ2) is 3.97. The van der Waals surface area contributed by atoms with E-state index in [1.54, 1.807) is 19.2 Å². The maximum atomic E-state index is 11.9. The summed E-state index contributed by atoms with van der Waals surface area (Å²) in [5.41, 5.74) is 1.93. The standard InChI is InChI=1S/C12H14N4O2/c1-2-18-12(17)8-5-10(7-3-4-7)15-11-9(8)6-14-16(11)13/h5-7H,2-4,13H2,1H3. The first-order valence-corrected chi connectivity index (χ1v) is 6.01. The van der Waals surface area contributed by atoms with Gasteiger partial charge in [0.05, 0.1) is 23.8 Å². The van der Waals surface area contributed by atoms with Gasteiger partial charge in [-0.2, -0.15) is 9.89 Å². The van der Waals surface area contributed by atoms with Crippen LogP contribution in [-0.2, 0) is 4.74 Å². The van der Waals surface area contributed by atoms with Crippen LogP contribution in [0.3, 0.4) is 0 Å². The van der Waals surface area contributed by atoms with Crippen LogP contribution in [0.15, 0.2) is 12.3 Å². The van der Waals surface area contributed by atoms with Crippen LogP contribution in [0.5, 0.6) is 0 Å². The highest BCUT2D eigenvalue weighted by Gasteiger charge is 2.28. The molecule has 2 aromatic heterocycles. The minimum Gasteiger partial charge on any atom is -0.462 e. The highest BCUT2D eigenvalue weighted by molar-refractivity contribution is 6.02. The number of hydrogen-bond donors (Lipinski definition) is 1. The largest absolute Gasteiger partial charge is 0.462 e. The predicted octanol–water partition coefficient (Wildman–Crippen LogP) is 1.20. The predicted molar refractivity (Wildman–Crippen MR) is 65.6 cm³/mol. The molecule has 0 amide bonds. The van der Waals surface area contributed by atoms with Crippen LogP contribution in [0, 0.1) is 0 Å². The molecule has 3 rings (SSSR count). The number of carbonyl (C=O) groups is 1. The van der Waals surface area contributed by atoms with Crippen LogP contribution in [0.1, 0.15) is 41.7 Å². The molecule has 0 spiro atoms. The fraction of sp³-hybridized carbons (Fsp3) is 0.417. The van der Waals surface area contributed by atoms with Crippen LogP contribution in [0.25, 0.3) is 11.0 Å². The lowest BCUT2D eigenvalue weighted by Crippen LogP contribution is -2.12. The van der Waals surface area contributed by atoms with Gasteiger partial charge in [-0.3, -0.25) is 0 Å². The zero-order valence-corrected chi connectivity index (χ0v) is 10.1. The van der Waals surface area contributed by atoms with E-state index in [1.165, 1.54) is 4.79 Å². The maximum Gasteiger partial charge on any atom is 0.338 e. The Morgan fingerprint density at radius 2 is 2.39 bits per heavy atom. The van der Waals surface area contributed by atoms with Gasteiger partial charge in [0.2, 0.25) is 0 Å². The van der Waals surface area contributed by atoms with E-state index in [9.17, 15) is 4.79 Å². The van der Waals surface area contributed by atoms with Gasteiger partial charge in [0, 0.05) is 11.6 Å². The van der Waals surface area contributed by atoms with E-state index in [0.717, 1.165) is 18.5 Å². The lowest BCUT2D eigenvalue weighted by Gasteiger charge is -2.06. The lowest BCUT2D eigenvalue weighted by atomic mass is 10.1. The van der Waals surface area contributed by atoms with E-state index in [0.29, 0.717) is 29.1 Å². The number of nitrogen functional groups attached to an aromatic ring is 1. The van der Waals surface area contributed by atoms with Crippen molar-refractivity contribution in [3.63, 3.8) is 0 Å². The fourth-order valence-electron chi connectivity index (χ4n) is 2.00. The Labute approximate surface area is 104 Å². The zero-order valence-electron chi connectivity index (χ0n) is 10.1. The number of nitrogens with two attached hydrogens (primary N) is 1. The summed E-state index contributed by atoms with van der Waals surface area (Å²) in [6.45, 7) is 2.13. The topological polar surface area (TPSA) is 83.0 Å². The Balaban J connectivity index is 2.17. The maximum absolute atomic E-state index is 11.9. The van der Waals surface area contributed by atoms with Crippen molar-refractivity contribution in [1.82, 2.24) is 14.9 Å². The summed E-state index contributed by atoms with van der Waals surface area (Å²) in [6.07, 6.45) is 3.77. The average Bonchev–Trinajstić information content (AvgIpc) is 3.14. The number of pyridine rings is 1. The summed E-state index contributed by atoms with van der Waals surface area (Å²) in [6, 6.07) is 1.81. The molecule has 2 N–H and O–H groups in total. The molecule has 0 aromatic carbocycles. The Morgan fingerprint density at radius 3 is 3.06 bits per heavy atom. The summed E-state index contributed by atoms with van der Waals surface area (Å²) in [7, 11) is 0. The summed E-state index contributed by atoms with van der Waals surface area (Å²) in [5, 5.41) is 4.58. The SMILES string of the molecule is CCOC(=O)c1cc(C2CC2)nc2c1cnn2N. The van der Waals surface area contributed by atoms with E-state index in [-0.39, 0.29) is 5.97 Å². The lowest BCUT2D eigenvalue weighted by molar-refractivity contribution is 0.0528. The summed E-state index contributed by atoms with van der Waals surface area (Å²) >= 11 is 0. The van der Waals surface area contributed by atoms with Crippen LogP contribution >= 0.6 is 0 Å². The number of nitrogens with zero attached hydrogens (tertiary/aromatic N) is 3. The minimum absolute atomic E-state index is 0.345. The van der Waals surface area contributed by atoms with Gasteiger partial charge in [0.25, 0.3) is 0 Å².